The molecular formula is C24H35N3O4. The number of rotatable bonds is 9. The molecule has 1 aliphatic carbocycles. The van der Waals surface area contributed by atoms with Gasteiger partial charge >= 0.3 is 0 Å². The summed E-state index contributed by atoms with van der Waals surface area (Å²) in [6.45, 7) is 7.03. The van der Waals surface area contributed by atoms with E-state index in [0.717, 1.165) is 35.7 Å². The molecule has 0 saturated heterocycles. The van der Waals surface area contributed by atoms with Crippen LogP contribution in [-0.4, -0.2) is 37.4 Å². The number of methoxy groups -OCH3 is 1. The third-order valence-corrected chi connectivity index (χ3v) is 5.46. The molecule has 0 aliphatic heterocycles. The van der Waals surface area contributed by atoms with Crippen molar-refractivity contribution in [2.24, 2.45) is 4.99 Å². The van der Waals surface area contributed by atoms with Gasteiger partial charge in [0.25, 0.3) is 0 Å². The summed E-state index contributed by atoms with van der Waals surface area (Å²) < 4.78 is 17.2. The van der Waals surface area contributed by atoms with Crippen molar-refractivity contribution in [1.29, 1.82) is 0 Å². The Labute approximate surface area is 184 Å². The molecule has 1 aromatic heterocycles. The van der Waals surface area contributed by atoms with E-state index >= 15 is 0 Å². The van der Waals surface area contributed by atoms with Gasteiger partial charge in [-0.1, -0.05) is 6.07 Å². The zero-order valence-electron chi connectivity index (χ0n) is 19.0. The first-order valence-corrected chi connectivity index (χ1v) is 11.1. The summed E-state index contributed by atoms with van der Waals surface area (Å²) in [6, 6.07) is 9.59. The molecule has 1 saturated carbocycles. The molecule has 1 atom stereocenters. The lowest BCUT2D eigenvalue weighted by atomic mass is 10.0. The van der Waals surface area contributed by atoms with Crippen molar-refractivity contribution in [3.63, 3.8) is 0 Å². The van der Waals surface area contributed by atoms with Crippen LogP contribution >= 0.6 is 0 Å². The first-order valence-electron chi connectivity index (χ1n) is 11.1. The number of ether oxygens (including phenoxy) is 2. The highest BCUT2D eigenvalue weighted by atomic mass is 16.5. The van der Waals surface area contributed by atoms with Crippen LogP contribution in [0.1, 0.15) is 56.6 Å². The molecule has 170 valence electrons. The summed E-state index contributed by atoms with van der Waals surface area (Å²) in [5.41, 5.74) is -0.131. The van der Waals surface area contributed by atoms with Gasteiger partial charge in [-0.15, -0.1) is 0 Å². The van der Waals surface area contributed by atoms with Gasteiger partial charge in [-0.05, 0) is 76.3 Å². The second kappa shape index (κ2) is 10.6. The summed E-state index contributed by atoms with van der Waals surface area (Å²) in [5, 5.41) is 17.2. The molecule has 31 heavy (non-hydrogen) atoms. The van der Waals surface area contributed by atoms with Crippen molar-refractivity contribution in [2.45, 2.75) is 64.7 Å². The fourth-order valence-corrected chi connectivity index (χ4v) is 3.67. The minimum atomic E-state index is -1.15. The number of nitrogens with zero attached hydrogens (tertiary/aromatic N) is 1. The largest absolute Gasteiger partial charge is 0.493 e. The zero-order valence-corrected chi connectivity index (χ0v) is 19.0. The van der Waals surface area contributed by atoms with Crippen LogP contribution in [0.25, 0.3) is 0 Å². The predicted molar refractivity (Wildman–Crippen MR) is 122 cm³/mol. The van der Waals surface area contributed by atoms with Gasteiger partial charge in [0.2, 0.25) is 0 Å². The summed E-state index contributed by atoms with van der Waals surface area (Å²) in [4.78, 5) is 4.65. The van der Waals surface area contributed by atoms with Gasteiger partial charge in [-0.2, -0.15) is 0 Å². The average molecular weight is 430 g/mol. The maximum absolute atomic E-state index is 10.7. The summed E-state index contributed by atoms with van der Waals surface area (Å²) in [7, 11) is 1.66. The maximum Gasteiger partial charge on any atom is 0.191 e. The van der Waals surface area contributed by atoms with Gasteiger partial charge in [0.1, 0.15) is 17.1 Å². The fraction of sp³-hybridized carbons (Fsp3) is 0.542. The smallest absolute Gasteiger partial charge is 0.191 e. The number of hydrogen-bond acceptors (Lipinski definition) is 5. The number of guanidine groups is 1. The molecule has 0 radical (unpaired) electrons. The van der Waals surface area contributed by atoms with Crippen molar-refractivity contribution in [2.75, 3.05) is 20.2 Å². The summed E-state index contributed by atoms with van der Waals surface area (Å²) in [6.07, 6.45) is 4.95. The molecule has 3 rings (SSSR count). The Morgan fingerprint density at radius 3 is 2.61 bits per heavy atom. The highest BCUT2D eigenvalue weighted by Crippen LogP contribution is 2.32. The van der Waals surface area contributed by atoms with E-state index in [0.29, 0.717) is 24.8 Å². The number of aliphatic hydroxyl groups is 1. The molecule has 3 N–H and O–H groups in total. The third kappa shape index (κ3) is 6.40. The molecular weight excluding hydrogens is 394 g/mol. The molecule has 1 aromatic carbocycles. The van der Waals surface area contributed by atoms with Crippen LogP contribution in [0.15, 0.2) is 39.7 Å². The van der Waals surface area contributed by atoms with Crippen LogP contribution in [0, 0.1) is 6.92 Å². The van der Waals surface area contributed by atoms with Crippen LogP contribution in [-0.2, 0) is 12.1 Å². The highest BCUT2D eigenvalue weighted by molar-refractivity contribution is 5.79. The Morgan fingerprint density at radius 2 is 1.97 bits per heavy atom. The van der Waals surface area contributed by atoms with E-state index < -0.39 is 5.60 Å². The molecule has 1 fully saturated rings. The highest BCUT2D eigenvalue weighted by Gasteiger charge is 2.27. The molecule has 7 heteroatoms. The Morgan fingerprint density at radius 1 is 1.19 bits per heavy atom. The first kappa shape index (κ1) is 23.0. The molecule has 0 spiro atoms. The standard InChI is InChI=1S/C24H35N3O4/c1-5-25-23(27-16-24(3,28)22-13-10-17(2)30-22)26-15-18-11-12-20(21(14-18)29-4)31-19-8-6-7-9-19/h10-14,19,28H,5-9,15-16H2,1-4H3,(H2,25,26,27). The van der Waals surface area contributed by atoms with Gasteiger partial charge in [0.15, 0.2) is 17.5 Å². The van der Waals surface area contributed by atoms with Crippen molar-refractivity contribution in [1.82, 2.24) is 10.6 Å². The van der Waals surface area contributed by atoms with Crippen LogP contribution < -0.4 is 20.1 Å². The van der Waals surface area contributed by atoms with Crippen molar-refractivity contribution in [3.05, 3.63) is 47.4 Å². The predicted octanol–water partition coefficient (Wildman–Crippen LogP) is 3.88. The SMILES string of the molecule is CCNC(=NCc1ccc(OC2CCCC2)c(OC)c1)NCC(C)(O)c1ccc(C)o1. The molecule has 0 amide bonds. The lowest BCUT2D eigenvalue weighted by Crippen LogP contribution is -2.44. The number of aliphatic imine (C=N–C) groups is 1. The third-order valence-electron chi connectivity index (χ3n) is 5.46. The Kier molecular flexibility index (Phi) is 7.85. The lowest BCUT2D eigenvalue weighted by Gasteiger charge is -2.23. The quantitative estimate of drug-likeness (QED) is 0.414. The molecule has 2 aromatic rings. The first-order chi connectivity index (χ1) is 14.9. The Balaban J connectivity index is 1.63. The van der Waals surface area contributed by atoms with Gasteiger partial charge in [0.05, 0.1) is 26.3 Å². The van der Waals surface area contributed by atoms with E-state index in [1.165, 1.54) is 12.8 Å². The van der Waals surface area contributed by atoms with Gasteiger partial charge in [-0.3, -0.25) is 0 Å². The van der Waals surface area contributed by atoms with E-state index in [1.54, 1.807) is 20.1 Å². The van der Waals surface area contributed by atoms with Gasteiger partial charge < -0.3 is 29.6 Å². The molecule has 0 bridgehead atoms. The number of furan rings is 1. The van der Waals surface area contributed by atoms with E-state index in [1.807, 2.05) is 38.1 Å². The summed E-state index contributed by atoms with van der Waals surface area (Å²) in [5.74, 6) is 3.43. The van der Waals surface area contributed by atoms with Crippen molar-refractivity contribution < 1.29 is 19.0 Å². The Hall–Kier alpha value is -2.67. The number of aryl methyl sites for hydroxylation is 1. The van der Waals surface area contributed by atoms with Crippen LogP contribution in [0.4, 0.5) is 0 Å². The minimum Gasteiger partial charge on any atom is -0.493 e. The number of nitrogens with one attached hydrogen (secondary N) is 2. The monoisotopic (exact) mass is 429 g/mol. The molecule has 1 aliphatic rings. The average Bonchev–Trinajstić information content (AvgIpc) is 3.43. The van der Waals surface area contributed by atoms with E-state index in [-0.39, 0.29) is 12.6 Å². The van der Waals surface area contributed by atoms with E-state index in [4.69, 9.17) is 13.9 Å². The summed E-state index contributed by atoms with van der Waals surface area (Å²) >= 11 is 0. The van der Waals surface area contributed by atoms with Crippen molar-refractivity contribution >= 4 is 5.96 Å². The second-order valence-electron chi connectivity index (χ2n) is 8.24. The van der Waals surface area contributed by atoms with Gasteiger partial charge in [-0.25, -0.2) is 4.99 Å². The normalized spacial score (nSPS) is 16.7. The molecule has 1 unspecified atom stereocenters. The van der Waals surface area contributed by atoms with Gasteiger partial charge in [0, 0.05) is 6.54 Å². The number of benzene rings is 1. The zero-order chi connectivity index (χ0) is 22.3. The second-order valence-corrected chi connectivity index (χ2v) is 8.24. The maximum atomic E-state index is 10.7. The molecule has 1 heterocycles. The van der Waals surface area contributed by atoms with E-state index in [9.17, 15) is 5.11 Å². The molecule has 7 nitrogen and oxygen atoms in total. The van der Waals surface area contributed by atoms with Crippen LogP contribution in [0.3, 0.4) is 0 Å². The van der Waals surface area contributed by atoms with Crippen LogP contribution in [0.5, 0.6) is 11.5 Å². The topological polar surface area (TPSA) is 88.3 Å². The fourth-order valence-electron chi connectivity index (χ4n) is 3.67. The van der Waals surface area contributed by atoms with E-state index in [2.05, 4.69) is 15.6 Å². The van der Waals surface area contributed by atoms with Crippen molar-refractivity contribution in [3.8, 4) is 11.5 Å². The lowest BCUT2D eigenvalue weighted by molar-refractivity contribution is 0.0378. The Bertz CT molecular complexity index is 869. The van der Waals surface area contributed by atoms with Crippen LogP contribution in [0.2, 0.25) is 0 Å². The minimum absolute atomic E-state index is 0.267. The number of hydrogen-bond donors (Lipinski definition) is 3.